The summed E-state index contributed by atoms with van der Waals surface area (Å²) in [5.41, 5.74) is 0. The third-order valence-electron chi connectivity index (χ3n) is 0.163. The van der Waals surface area contributed by atoms with Crippen molar-refractivity contribution >= 4 is 22.6 Å². The molecule has 0 aliphatic carbocycles. The van der Waals surface area contributed by atoms with Gasteiger partial charge in [0.2, 0.25) is 0 Å². The first-order chi connectivity index (χ1) is 2.27. The molecule has 0 aliphatic heterocycles. The van der Waals surface area contributed by atoms with E-state index in [1.165, 1.54) is 11.0 Å². The first-order valence-corrected chi connectivity index (χ1v) is 3.09. The quantitative estimate of drug-likeness (QED) is 0.304. The zero-order valence-corrected chi connectivity index (χ0v) is 5.01. The van der Waals surface area contributed by atoms with E-state index in [1.807, 2.05) is 18.4 Å². The average Bonchev–Trinajstić information content (AvgIpc) is 1.38. The fourth-order valence-corrected chi connectivity index (χ4v) is 0. The summed E-state index contributed by atoms with van der Waals surface area (Å²) in [6.07, 6.45) is 0. The van der Waals surface area contributed by atoms with Crippen LogP contribution in [0.15, 0.2) is 0 Å². The highest BCUT2D eigenvalue weighted by Gasteiger charge is 1.74. The van der Waals surface area contributed by atoms with Crippen molar-refractivity contribution in [2.75, 3.05) is 14.1 Å². The van der Waals surface area contributed by atoms with Crippen LogP contribution in [-0.4, -0.2) is 18.4 Å². The lowest BCUT2D eigenvalue weighted by atomic mass is 11.3. The molecule has 0 heterocycles. The second-order valence-electron chi connectivity index (χ2n) is 0.894. The second kappa shape index (κ2) is 2.87. The molecule has 0 aliphatic rings. The van der Waals surface area contributed by atoms with Gasteiger partial charge in [-0.3, -0.25) is 0 Å². The highest BCUT2D eigenvalue weighted by atomic mass is 33.1. The highest BCUT2D eigenvalue weighted by molar-refractivity contribution is 8.67. The third kappa shape index (κ3) is 4.66. The maximum absolute atomic E-state index is 3.86. The van der Waals surface area contributed by atoms with E-state index in [9.17, 15) is 0 Å². The fourth-order valence-electron chi connectivity index (χ4n) is 0. The number of rotatable bonds is 1. The van der Waals surface area contributed by atoms with E-state index in [0.717, 1.165) is 0 Å². The highest BCUT2D eigenvalue weighted by Crippen LogP contribution is 2.05. The maximum Gasteiger partial charge on any atom is -0.00207 e. The standard InChI is InChI=1S/C2H7NS2/c1-3(2)5-4/h4H,1-2H3. The molecule has 3 heteroatoms. The molecule has 0 spiro atoms. The topological polar surface area (TPSA) is 3.24 Å². The minimum Gasteiger partial charge on any atom is -0.248 e. The molecule has 0 fully saturated rings. The molecule has 0 saturated carbocycles. The Morgan fingerprint density at radius 1 is 1.60 bits per heavy atom. The van der Waals surface area contributed by atoms with Crippen LogP contribution in [0, 0.1) is 0 Å². The van der Waals surface area contributed by atoms with Crippen molar-refractivity contribution in [1.82, 2.24) is 4.31 Å². The van der Waals surface area contributed by atoms with Gasteiger partial charge in [0.05, 0.1) is 0 Å². The van der Waals surface area contributed by atoms with Crippen LogP contribution in [0.2, 0.25) is 0 Å². The van der Waals surface area contributed by atoms with Crippen molar-refractivity contribution in [2.24, 2.45) is 0 Å². The summed E-state index contributed by atoms with van der Waals surface area (Å²) in [7, 11) is 5.29. The molecule has 0 amide bonds. The Morgan fingerprint density at radius 2 is 1.80 bits per heavy atom. The van der Waals surface area contributed by atoms with E-state index in [0.29, 0.717) is 0 Å². The minimum atomic E-state index is 1.41. The van der Waals surface area contributed by atoms with Crippen LogP contribution in [0.3, 0.4) is 0 Å². The lowest BCUT2D eigenvalue weighted by molar-refractivity contribution is 0.712. The van der Waals surface area contributed by atoms with Crippen molar-refractivity contribution in [3.8, 4) is 0 Å². The lowest BCUT2D eigenvalue weighted by Crippen LogP contribution is -1.93. The van der Waals surface area contributed by atoms with E-state index in [4.69, 9.17) is 0 Å². The molecule has 0 unspecified atom stereocenters. The summed E-state index contributed by atoms with van der Waals surface area (Å²) in [6.45, 7) is 0. The molecule has 0 radical (unpaired) electrons. The van der Waals surface area contributed by atoms with Gasteiger partial charge in [0.25, 0.3) is 0 Å². The molecule has 1 nitrogen and oxygen atoms in total. The molecule has 0 bridgehead atoms. The largest absolute Gasteiger partial charge is 0.248 e. The molecule has 0 N–H and O–H groups in total. The summed E-state index contributed by atoms with van der Waals surface area (Å²) in [4.78, 5) is 0. The van der Waals surface area contributed by atoms with Crippen molar-refractivity contribution in [3.63, 3.8) is 0 Å². The van der Waals surface area contributed by atoms with E-state index >= 15 is 0 Å². The van der Waals surface area contributed by atoms with E-state index in [-0.39, 0.29) is 0 Å². The van der Waals surface area contributed by atoms with Crippen LogP contribution < -0.4 is 0 Å². The Labute approximate surface area is 41.7 Å². The van der Waals surface area contributed by atoms with Crippen molar-refractivity contribution < 1.29 is 0 Å². The monoisotopic (exact) mass is 109 g/mol. The van der Waals surface area contributed by atoms with Crippen molar-refractivity contribution in [3.05, 3.63) is 0 Å². The van der Waals surface area contributed by atoms with E-state index in [1.54, 1.807) is 0 Å². The van der Waals surface area contributed by atoms with E-state index in [2.05, 4.69) is 11.7 Å². The number of hydrogen-bond acceptors (Lipinski definition) is 3. The fraction of sp³-hybridized carbons (Fsp3) is 1.00. The number of hydrogen-bond donors (Lipinski definition) is 1. The van der Waals surface area contributed by atoms with Crippen molar-refractivity contribution in [1.29, 1.82) is 0 Å². The Kier molecular flexibility index (Phi) is 3.25. The summed E-state index contributed by atoms with van der Waals surface area (Å²) < 4.78 is 1.91. The maximum atomic E-state index is 3.86. The molecule has 5 heavy (non-hydrogen) atoms. The molecule has 0 rings (SSSR count). The summed E-state index contributed by atoms with van der Waals surface area (Å²) in [6, 6.07) is 0. The van der Waals surface area contributed by atoms with Gasteiger partial charge in [-0.1, -0.05) is 11.7 Å². The number of nitrogens with zero attached hydrogens (tertiary/aromatic N) is 1. The molecule has 0 aromatic heterocycles. The Balaban J connectivity index is 2.54. The Morgan fingerprint density at radius 3 is 1.80 bits per heavy atom. The molecule has 0 saturated heterocycles. The van der Waals surface area contributed by atoms with Gasteiger partial charge in [-0.05, 0) is 25.1 Å². The van der Waals surface area contributed by atoms with Gasteiger partial charge in [-0.2, -0.15) is 0 Å². The van der Waals surface area contributed by atoms with Crippen LogP contribution in [0.25, 0.3) is 0 Å². The minimum absolute atomic E-state index is 1.41. The van der Waals surface area contributed by atoms with Crippen LogP contribution in [0.4, 0.5) is 0 Å². The van der Waals surface area contributed by atoms with Crippen LogP contribution >= 0.6 is 22.6 Å². The molecule has 0 aromatic rings. The molecular weight excluding hydrogens is 102 g/mol. The predicted molar refractivity (Wildman–Crippen MR) is 30.3 cm³/mol. The SMILES string of the molecule is CN(C)SS. The zero-order chi connectivity index (χ0) is 4.28. The first-order valence-electron chi connectivity index (χ1n) is 1.26. The second-order valence-corrected chi connectivity index (χ2v) is 2.28. The van der Waals surface area contributed by atoms with Gasteiger partial charge in [0.1, 0.15) is 0 Å². The van der Waals surface area contributed by atoms with Crippen molar-refractivity contribution in [2.45, 2.75) is 0 Å². The predicted octanol–water partition coefficient (Wildman–Crippen LogP) is 1.04. The van der Waals surface area contributed by atoms with Crippen LogP contribution in [0.5, 0.6) is 0 Å². The summed E-state index contributed by atoms with van der Waals surface area (Å²) in [5, 5.41) is 0. The normalized spacial score (nSPS) is 9.60. The van der Waals surface area contributed by atoms with Gasteiger partial charge >= 0.3 is 0 Å². The van der Waals surface area contributed by atoms with Gasteiger partial charge < -0.3 is 0 Å². The third-order valence-corrected chi connectivity index (χ3v) is 1.47. The zero-order valence-electron chi connectivity index (χ0n) is 3.30. The summed E-state index contributed by atoms with van der Waals surface area (Å²) in [5.74, 6) is 0. The van der Waals surface area contributed by atoms with Crippen LogP contribution in [-0.2, 0) is 0 Å². The molecule has 0 atom stereocenters. The smallest absolute Gasteiger partial charge is 0.00207 e. The molecule has 0 aromatic carbocycles. The Bertz CT molecular complexity index is 21.6. The van der Waals surface area contributed by atoms with Gasteiger partial charge in [-0.25, -0.2) is 4.31 Å². The average molecular weight is 109 g/mol. The molecule has 32 valence electrons. The number of thiol groups is 1. The van der Waals surface area contributed by atoms with Gasteiger partial charge in [0.15, 0.2) is 0 Å². The molecular formula is C2H7NS2. The van der Waals surface area contributed by atoms with Gasteiger partial charge in [-0.15, -0.1) is 0 Å². The summed E-state index contributed by atoms with van der Waals surface area (Å²) >= 11 is 3.86. The first kappa shape index (κ1) is 5.66. The van der Waals surface area contributed by atoms with Gasteiger partial charge in [0, 0.05) is 0 Å². The van der Waals surface area contributed by atoms with Crippen LogP contribution in [0.1, 0.15) is 0 Å². The van der Waals surface area contributed by atoms with E-state index < -0.39 is 0 Å². The Hall–Kier alpha value is 0.660. The lowest BCUT2D eigenvalue weighted by Gasteiger charge is -1.97.